The van der Waals surface area contributed by atoms with E-state index in [1.807, 2.05) is 0 Å². The lowest BCUT2D eigenvalue weighted by Crippen LogP contribution is -2.49. The molecule has 0 aromatic heterocycles. The zero-order valence-electron chi connectivity index (χ0n) is 13.7. The van der Waals surface area contributed by atoms with E-state index in [9.17, 15) is 9.59 Å². The van der Waals surface area contributed by atoms with Gasteiger partial charge in [0.25, 0.3) is 0 Å². The first kappa shape index (κ1) is 14.6. The highest BCUT2D eigenvalue weighted by molar-refractivity contribution is 6.05. The minimum atomic E-state index is -0.179. The van der Waals surface area contributed by atoms with Crippen molar-refractivity contribution >= 4 is 11.6 Å². The van der Waals surface area contributed by atoms with Gasteiger partial charge in [0.2, 0.25) is 0 Å². The molecule has 0 bridgehead atoms. The van der Waals surface area contributed by atoms with E-state index in [-0.39, 0.29) is 28.4 Å². The summed E-state index contributed by atoms with van der Waals surface area (Å²) < 4.78 is 0. The summed E-state index contributed by atoms with van der Waals surface area (Å²) in [5.74, 6) is 0.494. The van der Waals surface area contributed by atoms with Gasteiger partial charge in [0, 0.05) is 47.6 Å². The molecule has 114 valence electrons. The normalized spacial score (nSPS) is 30.8. The highest BCUT2D eigenvalue weighted by atomic mass is 16.1. The Balaban J connectivity index is 2.09. The van der Waals surface area contributed by atoms with Crippen LogP contribution >= 0.6 is 0 Å². The number of hydrogen-bond donors (Lipinski definition) is 1. The van der Waals surface area contributed by atoms with Gasteiger partial charge in [-0.15, -0.1) is 0 Å². The summed E-state index contributed by atoms with van der Waals surface area (Å²) in [5.41, 5.74) is 3.85. The molecule has 1 unspecified atom stereocenters. The fourth-order valence-electron chi connectivity index (χ4n) is 4.32. The lowest BCUT2D eigenvalue weighted by Gasteiger charge is -2.45. The average Bonchev–Trinajstić information content (AvgIpc) is 2.22. The summed E-state index contributed by atoms with van der Waals surface area (Å²) in [6.45, 7) is 10.5. The Morgan fingerprint density at radius 3 is 2.29 bits per heavy atom. The first-order valence-corrected chi connectivity index (χ1v) is 7.87. The number of allylic oxidation sites excluding steroid dienone is 3. The molecule has 1 N–H and O–H groups in total. The molecule has 2 aliphatic carbocycles. The third-order valence-electron chi connectivity index (χ3n) is 5.01. The summed E-state index contributed by atoms with van der Waals surface area (Å²) in [4.78, 5) is 25.2. The van der Waals surface area contributed by atoms with Crippen molar-refractivity contribution < 1.29 is 9.59 Å². The van der Waals surface area contributed by atoms with Crippen molar-refractivity contribution in [3.05, 3.63) is 22.4 Å². The molecular weight excluding hydrogens is 262 g/mol. The van der Waals surface area contributed by atoms with E-state index in [1.54, 1.807) is 0 Å². The van der Waals surface area contributed by atoms with E-state index in [2.05, 4.69) is 39.9 Å². The second kappa shape index (κ2) is 4.31. The molecule has 0 aromatic carbocycles. The fraction of sp³-hybridized carbons (Fsp3) is 0.667. The number of hydrogen-bond acceptors (Lipinski definition) is 3. The monoisotopic (exact) mass is 287 g/mol. The van der Waals surface area contributed by atoms with Gasteiger partial charge in [-0.25, -0.2) is 0 Å². The Bertz CT molecular complexity index is 605. The summed E-state index contributed by atoms with van der Waals surface area (Å²) in [6, 6.07) is 0. The molecule has 3 rings (SSSR count). The van der Waals surface area contributed by atoms with Gasteiger partial charge in [-0.3, -0.25) is 9.59 Å². The maximum Gasteiger partial charge on any atom is 0.163 e. The Morgan fingerprint density at radius 1 is 1.00 bits per heavy atom. The highest BCUT2D eigenvalue weighted by Gasteiger charge is 2.46. The Labute approximate surface area is 126 Å². The van der Waals surface area contributed by atoms with E-state index in [1.165, 1.54) is 0 Å². The lowest BCUT2D eigenvalue weighted by atomic mass is 9.62. The number of Topliss-reactive ketones (excluding diaryl/α,β-unsaturated/α-hetero) is 2. The van der Waals surface area contributed by atoms with Crippen molar-refractivity contribution in [1.29, 1.82) is 0 Å². The number of carbonyl (C=O) groups excluding carboxylic acids is 2. The van der Waals surface area contributed by atoms with E-state index in [0.29, 0.717) is 12.8 Å². The first-order valence-electron chi connectivity index (χ1n) is 7.87. The maximum absolute atomic E-state index is 12.7. The van der Waals surface area contributed by atoms with E-state index in [4.69, 9.17) is 0 Å². The summed E-state index contributed by atoms with van der Waals surface area (Å²) in [7, 11) is 0. The summed E-state index contributed by atoms with van der Waals surface area (Å²) >= 11 is 0. The van der Waals surface area contributed by atoms with Crippen LogP contribution in [0.3, 0.4) is 0 Å². The summed E-state index contributed by atoms with van der Waals surface area (Å²) in [5, 5.41) is 3.54. The molecule has 0 aromatic rings. The SMILES string of the molecule is CC1=C2C(=O)CC(C)(C)CC2C2=C(C1)NC(C)(C)CC2=O. The first-order chi connectivity index (χ1) is 9.60. The van der Waals surface area contributed by atoms with Crippen molar-refractivity contribution in [2.24, 2.45) is 11.3 Å². The zero-order valence-corrected chi connectivity index (χ0v) is 13.7. The van der Waals surface area contributed by atoms with Gasteiger partial charge in [0.15, 0.2) is 11.6 Å². The number of fused-ring (bicyclic) bond motifs is 2. The van der Waals surface area contributed by atoms with Crippen LogP contribution in [-0.4, -0.2) is 17.1 Å². The van der Waals surface area contributed by atoms with Crippen LogP contribution < -0.4 is 5.32 Å². The molecule has 3 nitrogen and oxygen atoms in total. The van der Waals surface area contributed by atoms with Crippen LogP contribution in [-0.2, 0) is 9.59 Å². The highest BCUT2D eigenvalue weighted by Crippen LogP contribution is 2.49. The van der Waals surface area contributed by atoms with Crippen molar-refractivity contribution in [2.75, 3.05) is 0 Å². The van der Waals surface area contributed by atoms with Gasteiger partial charge in [-0.2, -0.15) is 0 Å². The predicted molar refractivity (Wildman–Crippen MR) is 82.7 cm³/mol. The van der Waals surface area contributed by atoms with Gasteiger partial charge in [-0.1, -0.05) is 19.4 Å². The fourth-order valence-corrected chi connectivity index (χ4v) is 4.32. The van der Waals surface area contributed by atoms with Crippen LogP contribution in [0.2, 0.25) is 0 Å². The second-order valence-electron chi connectivity index (χ2n) is 8.39. The number of nitrogens with one attached hydrogen (secondary N) is 1. The van der Waals surface area contributed by atoms with Crippen LogP contribution in [0.4, 0.5) is 0 Å². The molecule has 0 spiro atoms. The molecule has 1 saturated carbocycles. The van der Waals surface area contributed by atoms with Crippen LogP contribution in [0.15, 0.2) is 22.4 Å². The molecule has 3 aliphatic rings. The van der Waals surface area contributed by atoms with Crippen LogP contribution in [0.5, 0.6) is 0 Å². The van der Waals surface area contributed by atoms with Crippen molar-refractivity contribution in [3.8, 4) is 0 Å². The lowest BCUT2D eigenvalue weighted by molar-refractivity contribution is -0.120. The molecule has 0 amide bonds. The number of carbonyl (C=O) groups is 2. The quantitative estimate of drug-likeness (QED) is 0.743. The Kier molecular flexibility index (Phi) is 2.99. The molecule has 21 heavy (non-hydrogen) atoms. The molecule has 0 saturated heterocycles. The topological polar surface area (TPSA) is 46.2 Å². The van der Waals surface area contributed by atoms with Crippen molar-refractivity contribution in [2.45, 2.75) is 65.8 Å². The Morgan fingerprint density at radius 2 is 1.62 bits per heavy atom. The van der Waals surface area contributed by atoms with Gasteiger partial charge < -0.3 is 5.32 Å². The molecular formula is C18H25NO2. The standard InChI is InChI=1S/C18H25NO2/c1-10-6-12-16(14(21)9-18(4,5)19-12)11-7-17(2,3)8-13(20)15(10)11/h11,19H,6-9H2,1-5H3. The largest absolute Gasteiger partial charge is 0.382 e. The van der Waals surface area contributed by atoms with Gasteiger partial charge >= 0.3 is 0 Å². The number of rotatable bonds is 0. The second-order valence-corrected chi connectivity index (χ2v) is 8.39. The van der Waals surface area contributed by atoms with Crippen molar-refractivity contribution in [1.82, 2.24) is 5.32 Å². The summed E-state index contributed by atoms with van der Waals surface area (Å²) in [6.07, 6.45) is 2.75. The van der Waals surface area contributed by atoms with Crippen LogP contribution in [0.25, 0.3) is 0 Å². The Hall–Kier alpha value is -1.38. The van der Waals surface area contributed by atoms with Gasteiger partial charge in [0.1, 0.15) is 0 Å². The molecule has 0 radical (unpaired) electrons. The van der Waals surface area contributed by atoms with Crippen LogP contribution in [0, 0.1) is 11.3 Å². The third-order valence-corrected chi connectivity index (χ3v) is 5.01. The number of ketones is 2. The minimum absolute atomic E-state index is 0.0149. The van der Waals surface area contributed by atoms with Gasteiger partial charge in [-0.05, 0) is 32.6 Å². The molecule has 1 heterocycles. The van der Waals surface area contributed by atoms with Crippen molar-refractivity contribution in [3.63, 3.8) is 0 Å². The molecule has 1 atom stereocenters. The maximum atomic E-state index is 12.7. The molecule has 3 heteroatoms. The molecule has 1 fully saturated rings. The van der Waals surface area contributed by atoms with E-state index >= 15 is 0 Å². The predicted octanol–water partition coefficient (Wildman–Crippen LogP) is 3.31. The third kappa shape index (κ3) is 2.37. The van der Waals surface area contributed by atoms with E-state index in [0.717, 1.165) is 35.3 Å². The van der Waals surface area contributed by atoms with Gasteiger partial charge in [0.05, 0.1) is 0 Å². The average molecular weight is 287 g/mol. The molecule has 1 aliphatic heterocycles. The van der Waals surface area contributed by atoms with E-state index < -0.39 is 0 Å². The smallest absolute Gasteiger partial charge is 0.163 e. The zero-order chi connectivity index (χ0) is 15.6. The van der Waals surface area contributed by atoms with Crippen LogP contribution in [0.1, 0.15) is 60.3 Å². The minimum Gasteiger partial charge on any atom is -0.382 e.